The van der Waals surface area contributed by atoms with Gasteiger partial charge in [-0.25, -0.2) is 0 Å². The summed E-state index contributed by atoms with van der Waals surface area (Å²) in [5, 5.41) is 11.8. The first-order valence-corrected chi connectivity index (χ1v) is 7.17. The molecule has 1 aromatic heterocycles. The van der Waals surface area contributed by atoms with Crippen LogP contribution in [0.5, 0.6) is 0 Å². The number of hydrogen-bond donors (Lipinski definition) is 1. The molecule has 0 radical (unpaired) electrons. The average molecular weight is 263 g/mol. The van der Waals surface area contributed by atoms with Gasteiger partial charge in [0.05, 0.1) is 5.69 Å². The minimum Gasteiger partial charge on any atom is -0.351 e. The van der Waals surface area contributed by atoms with Crippen LogP contribution < -0.4 is 10.2 Å². The summed E-state index contributed by atoms with van der Waals surface area (Å²) in [5.74, 6) is 1.02. The van der Waals surface area contributed by atoms with E-state index in [2.05, 4.69) is 51.4 Å². The molecule has 1 saturated heterocycles. The molecule has 2 rings (SSSR count). The van der Waals surface area contributed by atoms with E-state index in [-0.39, 0.29) is 0 Å². The first-order chi connectivity index (χ1) is 9.24. The van der Waals surface area contributed by atoms with Gasteiger partial charge in [0, 0.05) is 25.7 Å². The first-order valence-electron chi connectivity index (χ1n) is 7.17. The maximum atomic E-state index is 4.40. The van der Waals surface area contributed by atoms with Crippen molar-refractivity contribution in [1.82, 2.24) is 20.4 Å². The summed E-state index contributed by atoms with van der Waals surface area (Å²) in [5.41, 5.74) is 0.992. The van der Waals surface area contributed by atoms with Crippen LogP contribution in [0.1, 0.15) is 25.5 Å². The highest BCUT2D eigenvalue weighted by atomic mass is 15.3. The molecular weight excluding hydrogens is 238 g/mol. The van der Waals surface area contributed by atoms with Crippen molar-refractivity contribution in [2.24, 2.45) is 0 Å². The Hall–Kier alpha value is -1.20. The normalized spacial score (nSPS) is 21.4. The number of likely N-dealkylation sites (N-methyl/N-ethyl adjacent to an activating group) is 1. The highest BCUT2D eigenvalue weighted by Gasteiger charge is 2.23. The number of rotatable bonds is 4. The van der Waals surface area contributed by atoms with E-state index in [4.69, 9.17) is 0 Å². The van der Waals surface area contributed by atoms with Crippen molar-refractivity contribution in [3.8, 4) is 0 Å². The van der Waals surface area contributed by atoms with Crippen molar-refractivity contribution in [2.75, 3.05) is 38.6 Å². The third-order valence-electron chi connectivity index (χ3n) is 3.73. The van der Waals surface area contributed by atoms with E-state index in [1.165, 1.54) is 6.42 Å². The monoisotopic (exact) mass is 263 g/mol. The fourth-order valence-electron chi connectivity index (χ4n) is 2.68. The van der Waals surface area contributed by atoms with Crippen molar-refractivity contribution in [2.45, 2.75) is 32.4 Å². The van der Waals surface area contributed by atoms with Crippen LogP contribution in [-0.4, -0.2) is 54.9 Å². The van der Waals surface area contributed by atoms with Crippen LogP contribution in [0.2, 0.25) is 0 Å². The molecule has 1 aliphatic rings. The van der Waals surface area contributed by atoms with Gasteiger partial charge in [-0.1, -0.05) is 6.92 Å². The third-order valence-corrected chi connectivity index (χ3v) is 3.73. The third kappa shape index (κ3) is 3.64. The number of anilines is 1. The second-order valence-corrected chi connectivity index (χ2v) is 5.28. The summed E-state index contributed by atoms with van der Waals surface area (Å²) in [6.07, 6.45) is 2.33. The lowest BCUT2D eigenvalue weighted by atomic mass is 10.2. The summed E-state index contributed by atoms with van der Waals surface area (Å²) < 4.78 is 0. The van der Waals surface area contributed by atoms with Gasteiger partial charge >= 0.3 is 0 Å². The Morgan fingerprint density at radius 1 is 1.32 bits per heavy atom. The maximum absolute atomic E-state index is 4.40. The van der Waals surface area contributed by atoms with Gasteiger partial charge in [-0.05, 0) is 45.6 Å². The quantitative estimate of drug-likeness (QED) is 0.882. The second kappa shape index (κ2) is 6.82. The summed E-state index contributed by atoms with van der Waals surface area (Å²) in [4.78, 5) is 4.83. The zero-order valence-electron chi connectivity index (χ0n) is 12.3. The molecule has 1 aromatic rings. The molecule has 0 amide bonds. The summed E-state index contributed by atoms with van der Waals surface area (Å²) in [6, 6.07) is 4.71. The predicted octanol–water partition coefficient (Wildman–Crippen LogP) is 1.12. The largest absolute Gasteiger partial charge is 0.351 e. The Labute approximate surface area is 116 Å². The smallest absolute Gasteiger partial charge is 0.151 e. The van der Waals surface area contributed by atoms with Crippen LogP contribution in [-0.2, 0) is 6.54 Å². The van der Waals surface area contributed by atoms with E-state index < -0.39 is 0 Å². The van der Waals surface area contributed by atoms with Gasteiger partial charge in [0.1, 0.15) is 0 Å². The fraction of sp³-hybridized carbons (Fsp3) is 0.714. The minimum absolute atomic E-state index is 0.539. The molecule has 106 valence electrons. The van der Waals surface area contributed by atoms with Crippen LogP contribution in [0.3, 0.4) is 0 Å². The number of hydrogen-bond acceptors (Lipinski definition) is 5. The van der Waals surface area contributed by atoms with E-state index in [0.717, 1.165) is 44.1 Å². The number of nitrogens with one attached hydrogen (secondary N) is 1. The standard InChI is InChI=1S/C14H25N5/c1-4-13-11-18(3)8-5-9-19(13)14-7-6-12(10-15-2)16-17-14/h6-7,13,15H,4-5,8-11H2,1-3H3. The molecule has 5 nitrogen and oxygen atoms in total. The van der Waals surface area contributed by atoms with E-state index in [1.54, 1.807) is 0 Å². The molecular formula is C14H25N5. The Morgan fingerprint density at radius 2 is 2.16 bits per heavy atom. The lowest BCUT2D eigenvalue weighted by Crippen LogP contribution is -2.40. The number of aromatic nitrogens is 2. The van der Waals surface area contributed by atoms with Gasteiger partial charge < -0.3 is 15.1 Å². The molecule has 1 unspecified atom stereocenters. The van der Waals surface area contributed by atoms with Gasteiger partial charge in [-0.2, -0.15) is 5.10 Å². The fourth-order valence-corrected chi connectivity index (χ4v) is 2.68. The van der Waals surface area contributed by atoms with Crippen LogP contribution >= 0.6 is 0 Å². The van der Waals surface area contributed by atoms with E-state index in [0.29, 0.717) is 6.04 Å². The van der Waals surface area contributed by atoms with E-state index in [9.17, 15) is 0 Å². The molecule has 1 aliphatic heterocycles. The van der Waals surface area contributed by atoms with E-state index in [1.807, 2.05) is 7.05 Å². The summed E-state index contributed by atoms with van der Waals surface area (Å²) in [6.45, 7) is 6.37. The Balaban J connectivity index is 2.13. The van der Waals surface area contributed by atoms with Crippen molar-refractivity contribution >= 4 is 5.82 Å². The SMILES string of the molecule is CCC1CN(C)CCCN1c1ccc(CNC)nn1. The molecule has 5 heteroatoms. The Bertz CT molecular complexity index is 378. The molecule has 0 saturated carbocycles. The zero-order valence-corrected chi connectivity index (χ0v) is 12.3. The molecule has 0 aliphatic carbocycles. The molecule has 0 aromatic carbocycles. The second-order valence-electron chi connectivity index (χ2n) is 5.28. The van der Waals surface area contributed by atoms with Crippen molar-refractivity contribution in [3.63, 3.8) is 0 Å². The van der Waals surface area contributed by atoms with Gasteiger partial charge in [0.25, 0.3) is 0 Å². The van der Waals surface area contributed by atoms with E-state index >= 15 is 0 Å². The van der Waals surface area contributed by atoms with Crippen LogP contribution in [0, 0.1) is 0 Å². The van der Waals surface area contributed by atoms with Crippen molar-refractivity contribution in [1.29, 1.82) is 0 Å². The van der Waals surface area contributed by atoms with Gasteiger partial charge in [0.2, 0.25) is 0 Å². The summed E-state index contributed by atoms with van der Waals surface area (Å²) in [7, 11) is 4.13. The average Bonchev–Trinajstić information content (AvgIpc) is 2.61. The minimum atomic E-state index is 0.539. The molecule has 0 spiro atoms. The maximum Gasteiger partial charge on any atom is 0.151 e. The molecule has 2 heterocycles. The topological polar surface area (TPSA) is 44.3 Å². The van der Waals surface area contributed by atoms with Gasteiger partial charge in [0.15, 0.2) is 5.82 Å². The van der Waals surface area contributed by atoms with Crippen LogP contribution in [0.4, 0.5) is 5.82 Å². The number of nitrogens with zero attached hydrogens (tertiary/aromatic N) is 4. The van der Waals surface area contributed by atoms with Gasteiger partial charge in [-0.15, -0.1) is 5.10 Å². The first kappa shape index (κ1) is 14.2. The predicted molar refractivity (Wildman–Crippen MR) is 78.3 cm³/mol. The summed E-state index contributed by atoms with van der Waals surface area (Å²) >= 11 is 0. The molecule has 1 fully saturated rings. The molecule has 1 atom stereocenters. The van der Waals surface area contributed by atoms with Crippen molar-refractivity contribution in [3.05, 3.63) is 17.8 Å². The van der Waals surface area contributed by atoms with Crippen LogP contribution in [0.15, 0.2) is 12.1 Å². The lowest BCUT2D eigenvalue weighted by Gasteiger charge is -2.30. The lowest BCUT2D eigenvalue weighted by molar-refractivity contribution is 0.327. The highest BCUT2D eigenvalue weighted by molar-refractivity contribution is 5.39. The van der Waals surface area contributed by atoms with Crippen LogP contribution in [0.25, 0.3) is 0 Å². The molecule has 0 bridgehead atoms. The zero-order chi connectivity index (χ0) is 13.7. The van der Waals surface area contributed by atoms with Gasteiger partial charge in [-0.3, -0.25) is 0 Å². The Kier molecular flexibility index (Phi) is 5.10. The Morgan fingerprint density at radius 3 is 2.79 bits per heavy atom. The highest BCUT2D eigenvalue weighted by Crippen LogP contribution is 2.19. The molecule has 19 heavy (non-hydrogen) atoms. The molecule has 1 N–H and O–H groups in total. The van der Waals surface area contributed by atoms with Crippen molar-refractivity contribution < 1.29 is 0 Å².